The number of nitrogens with zero attached hydrogens (tertiary/aromatic N) is 1. The number of aryl methyl sites for hydroxylation is 2. The number of carbonyl (C=O) groups excluding carboxylic acids is 1. The number of hydrogen-bond donors (Lipinski definition) is 1. The maximum absolute atomic E-state index is 11.7. The third kappa shape index (κ3) is 6.05. The number of unbranched alkanes of at least 4 members (excludes halogenated alkanes) is 1. The molecule has 1 fully saturated rings. The Kier molecular flexibility index (Phi) is 7.71. The molecule has 2 aliphatic carbocycles. The molecule has 0 aliphatic heterocycles. The zero-order chi connectivity index (χ0) is 20.8. The van der Waals surface area contributed by atoms with Crippen molar-refractivity contribution in [1.82, 2.24) is 4.90 Å². The van der Waals surface area contributed by atoms with E-state index in [2.05, 4.69) is 49.4 Å². The Balaban J connectivity index is 1.43. The number of rotatable bonds is 9. The first-order valence-corrected chi connectivity index (χ1v) is 11.2. The van der Waals surface area contributed by atoms with Gasteiger partial charge in [-0.2, -0.15) is 0 Å². The molecule has 0 spiro atoms. The van der Waals surface area contributed by atoms with Gasteiger partial charge in [0.2, 0.25) is 5.91 Å². The first kappa shape index (κ1) is 21.8. The number of allylic oxidation sites excluding steroid dienone is 3. The van der Waals surface area contributed by atoms with Crippen LogP contribution < -0.4 is 0 Å². The molecule has 1 saturated carbocycles. The minimum absolute atomic E-state index is 0.198. The Labute approximate surface area is 176 Å². The molecule has 0 saturated heterocycles. The molecule has 0 radical (unpaired) electrons. The van der Waals surface area contributed by atoms with Crippen LogP contribution in [0.3, 0.4) is 0 Å². The molecule has 1 N–H and O–H groups in total. The fourth-order valence-electron chi connectivity index (χ4n) is 5.01. The summed E-state index contributed by atoms with van der Waals surface area (Å²) in [6, 6.07) is 8.72. The van der Waals surface area contributed by atoms with E-state index < -0.39 is 0 Å². The van der Waals surface area contributed by atoms with Crippen LogP contribution in [0.5, 0.6) is 0 Å². The van der Waals surface area contributed by atoms with Crippen molar-refractivity contribution < 1.29 is 9.90 Å². The van der Waals surface area contributed by atoms with Crippen molar-refractivity contribution in [3.05, 3.63) is 59.2 Å². The van der Waals surface area contributed by atoms with E-state index in [1.165, 1.54) is 11.1 Å². The summed E-state index contributed by atoms with van der Waals surface area (Å²) in [5.41, 5.74) is 4.25. The second-order valence-corrected chi connectivity index (χ2v) is 9.19. The van der Waals surface area contributed by atoms with Gasteiger partial charge in [-0.3, -0.25) is 4.79 Å². The fraction of sp³-hybridized carbons (Fsp3) is 0.577. The van der Waals surface area contributed by atoms with Crippen molar-refractivity contribution in [2.45, 2.75) is 64.4 Å². The van der Waals surface area contributed by atoms with Crippen molar-refractivity contribution in [3.63, 3.8) is 0 Å². The summed E-state index contributed by atoms with van der Waals surface area (Å²) in [7, 11) is 3.64. The summed E-state index contributed by atoms with van der Waals surface area (Å²) in [5.74, 6) is 1.62. The number of carbonyl (C=O) groups is 1. The standard InChI is InChI=1S/C26H37NO2/c1-19-9-8-12-20(15-19)10-4-6-13-23-24-17-21(16-22(24)18-25(23)28)11-5-7-14-26(29)27(2)3/h6,8-9,12-13,15-16,22-25,28H,4-5,7,10-11,14,17-18H2,1-3H3/t22-,23+,24-,25+/m0/s1. The summed E-state index contributed by atoms with van der Waals surface area (Å²) >= 11 is 0. The third-order valence-corrected chi connectivity index (χ3v) is 6.63. The topological polar surface area (TPSA) is 40.5 Å². The van der Waals surface area contributed by atoms with Crippen LogP contribution in [0, 0.1) is 24.7 Å². The Morgan fingerprint density at radius 1 is 1.24 bits per heavy atom. The van der Waals surface area contributed by atoms with Crippen LogP contribution >= 0.6 is 0 Å². The van der Waals surface area contributed by atoms with E-state index in [4.69, 9.17) is 0 Å². The summed E-state index contributed by atoms with van der Waals surface area (Å²) < 4.78 is 0. The van der Waals surface area contributed by atoms with Crippen LogP contribution in [0.15, 0.2) is 48.1 Å². The largest absolute Gasteiger partial charge is 0.392 e. The SMILES string of the molecule is Cc1cccc(CCC=C[C@@H]2[C@H]3CC(CCCCC(=O)N(C)C)=C[C@H]3C[C@H]2O)c1. The molecule has 0 aromatic heterocycles. The van der Waals surface area contributed by atoms with Crippen LogP contribution in [0.25, 0.3) is 0 Å². The van der Waals surface area contributed by atoms with Crippen LogP contribution in [-0.4, -0.2) is 36.1 Å². The molecule has 3 nitrogen and oxygen atoms in total. The van der Waals surface area contributed by atoms with Crippen molar-refractivity contribution in [3.8, 4) is 0 Å². The lowest BCUT2D eigenvalue weighted by Gasteiger charge is -2.18. The summed E-state index contributed by atoms with van der Waals surface area (Å²) in [6.07, 6.45) is 14.7. The van der Waals surface area contributed by atoms with Crippen LogP contribution in [0.2, 0.25) is 0 Å². The second-order valence-electron chi connectivity index (χ2n) is 9.19. The summed E-state index contributed by atoms with van der Waals surface area (Å²) in [5, 5.41) is 10.5. The number of benzene rings is 1. The molecule has 2 aliphatic rings. The first-order valence-electron chi connectivity index (χ1n) is 11.2. The van der Waals surface area contributed by atoms with Gasteiger partial charge >= 0.3 is 0 Å². The molecule has 1 amide bonds. The molecule has 0 bridgehead atoms. The normalized spacial score (nSPS) is 26.0. The van der Waals surface area contributed by atoms with E-state index in [1.54, 1.807) is 10.5 Å². The highest BCUT2D eigenvalue weighted by Gasteiger charge is 2.43. The maximum Gasteiger partial charge on any atom is 0.222 e. The van der Waals surface area contributed by atoms with Gasteiger partial charge in [-0.15, -0.1) is 0 Å². The van der Waals surface area contributed by atoms with Crippen molar-refractivity contribution in [1.29, 1.82) is 0 Å². The summed E-state index contributed by atoms with van der Waals surface area (Å²) in [4.78, 5) is 13.4. The Morgan fingerprint density at radius 2 is 2.07 bits per heavy atom. The molecule has 158 valence electrons. The number of aliphatic hydroxyl groups is 1. The van der Waals surface area contributed by atoms with E-state index in [0.29, 0.717) is 24.2 Å². The van der Waals surface area contributed by atoms with Gasteiger partial charge in [0.05, 0.1) is 6.10 Å². The van der Waals surface area contributed by atoms with Gasteiger partial charge in [-0.1, -0.05) is 53.6 Å². The van der Waals surface area contributed by atoms with Crippen LogP contribution in [0.1, 0.15) is 56.1 Å². The van der Waals surface area contributed by atoms with Gasteiger partial charge in [0.15, 0.2) is 0 Å². The Morgan fingerprint density at radius 3 is 2.83 bits per heavy atom. The van der Waals surface area contributed by atoms with E-state index >= 15 is 0 Å². The maximum atomic E-state index is 11.7. The lowest BCUT2D eigenvalue weighted by atomic mass is 9.88. The highest BCUT2D eigenvalue weighted by molar-refractivity contribution is 5.75. The smallest absolute Gasteiger partial charge is 0.222 e. The molecule has 1 aromatic rings. The Bertz CT molecular complexity index is 749. The zero-order valence-corrected chi connectivity index (χ0v) is 18.3. The average molecular weight is 396 g/mol. The predicted molar refractivity (Wildman–Crippen MR) is 120 cm³/mol. The van der Waals surface area contributed by atoms with Crippen molar-refractivity contribution in [2.75, 3.05) is 14.1 Å². The summed E-state index contributed by atoms with van der Waals surface area (Å²) in [6.45, 7) is 2.14. The van der Waals surface area contributed by atoms with Gasteiger partial charge in [0.25, 0.3) is 0 Å². The molecule has 3 heteroatoms. The van der Waals surface area contributed by atoms with Gasteiger partial charge in [-0.25, -0.2) is 0 Å². The van der Waals surface area contributed by atoms with Gasteiger partial charge < -0.3 is 10.0 Å². The van der Waals surface area contributed by atoms with Gasteiger partial charge in [-0.05, 0) is 69.3 Å². The molecule has 0 unspecified atom stereocenters. The zero-order valence-electron chi connectivity index (χ0n) is 18.3. The lowest BCUT2D eigenvalue weighted by molar-refractivity contribution is -0.128. The van der Waals surface area contributed by atoms with Crippen molar-refractivity contribution in [2.24, 2.45) is 17.8 Å². The van der Waals surface area contributed by atoms with E-state index in [9.17, 15) is 9.90 Å². The molecular weight excluding hydrogens is 358 g/mol. The fourth-order valence-corrected chi connectivity index (χ4v) is 5.01. The quantitative estimate of drug-likeness (QED) is 0.468. The highest BCUT2D eigenvalue weighted by atomic mass is 16.3. The molecule has 29 heavy (non-hydrogen) atoms. The number of aliphatic hydroxyl groups excluding tert-OH is 1. The minimum Gasteiger partial charge on any atom is -0.392 e. The van der Waals surface area contributed by atoms with Crippen LogP contribution in [0.4, 0.5) is 0 Å². The molecular formula is C26H37NO2. The molecule has 1 aromatic carbocycles. The molecule has 0 heterocycles. The first-order chi connectivity index (χ1) is 13.9. The number of amides is 1. The van der Waals surface area contributed by atoms with Crippen LogP contribution in [-0.2, 0) is 11.2 Å². The minimum atomic E-state index is -0.198. The molecule has 4 atom stereocenters. The van der Waals surface area contributed by atoms with E-state index in [-0.39, 0.29) is 12.0 Å². The average Bonchev–Trinajstić information content (AvgIpc) is 3.19. The highest BCUT2D eigenvalue weighted by Crippen LogP contribution is 2.48. The van der Waals surface area contributed by atoms with E-state index in [1.807, 2.05) is 14.1 Å². The van der Waals surface area contributed by atoms with Gasteiger partial charge in [0, 0.05) is 26.4 Å². The van der Waals surface area contributed by atoms with Gasteiger partial charge in [0.1, 0.15) is 0 Å². The van der Waals surface area contributed by atoms with E-state index in [0.717, 1.165) is 44.9 Å². The third-order valence-electron chi connectivity index (χ3n) is 6.63. The molecule has 3 rings (SSSR count). The second kappa shape index (κ2) is 10.2. The monoisotopic (exact) mass is 395 g/mol. The van der Waals surface area contributed by atoms with Crippen molar-refractivity contribution >= 4 is 5.91 Å². The Hall–Kier alpha value is -1.87. The lowest BCUT2D eigenvalue weighted by Crippen LogP contribution is -2.21. The predicted octanol–water partition coefficient (Wildman–Crippen LogP) is 5.08. The number of hydrogen-bond acceptors (Lipinski definition) is 2. The number of fused-ring (bicyclic) bond motifs is 1.